The Hall–Kier alpha value is -3.63. The summed E-state index contributed by atoms with van der Waals surface area (Å²) >= 11 is 0. The maximum absolute atomic E-state index is 11.8. The topological polar surface area (TPSA) is 130 Å². The molecule has 0 aromatic rings. The van der Waals surface area contributed by atoms with Gasteiger partial charge in [-0.1, -0.05) is 0 Å². The molecule has 1 unspecified atom stereocenters. The van der Waals surface area contributed by atoms with Gasteiger partial charge in [-0.05, 0) is 0 Å². The van der Waals surface area contributed by atoms with Crippen molar-refractivity contribution in [1.82, 2.24) is 5.01 Å². The van der Waals surface area contributed by atoms with Crippen LogP contribution in [0.3, 0.4) is 0 Å². The lowest BCUT2D eigenvalue weighted by Gasteiger charge is -2.22. The SMILES string of the molecule is COC(=O)/C=C/C(=O)OCC(CN1C=COC=N1)OC(=O)/C=C/C(=O)OC. The number of rotatable bonds is 9. The summed E-state index contributed by atoms with van der Waals surface area (Å²) < 4.78 is 23.5. The first-order valence-electron chi connectivity index (χ1n) is 7.45. The number of hydrogen-bond donors (Lipinski definition) is 0. The van der Waals surface area contributed by atoms with E-state index in [2.05, 4.69) is 14.6 Å². The van der Waals surface area contributed by atoms with Gasteiger partial charge in [0.2, 0.25) is 0 Å². The van der Waals surface area contributed by atoms with Crippen LogP contribution in [-0.2, 0) is 42.9 Å². The van der Waals surface area contributed by atoms with E-state index in [-0.39, 0.29) is 13.2 Å². The van der Waals surface area contributed by atoms with Crippen molar-refractivity contribution < 1.29 is 42.9 Å². The summed E-state index contributed by atoms with van der Waals surface area (Å²) in [6, 6.07) is 0. The van der Waals surface area contributed by atoms with Crippen molar-refractivity contribution in [1.29, 1.82) is 0 Å². The molecule has 1 aliphatic rings. The molecule has 0 fully saturated rings. The maximum atomic E-state index is 11.8. The maximum Gasteiger partial charge on any atom is 0.331 e. The zero-order valence-corrected chi connectivity index (χ0v) is 14.6. The van der Waals surface area contributed by atoms with Crippen LogP contribution in [0.5, 0.6) is 0 Å². The first-order valence-corrected chi connectivity index (χ1v) is 7.45. The quantitative estimate of drug-likeness (QED) is 0.296. The highest BCUT2D eigenvalue weighted by atomic mass is 16.6. The van der Waals surface area contributed by atoms with E-state index in [0.29, 0.717) is 0 Å². The van der Waals surface area contributed by atoms with Gasteiger partial charge in [0.1, 0.15) is 12.9 Å². The van der Waals surface area contributed by atoms with Crippen LogP contribution in [0.1, 0.15) is 0 Å². The van der Waals surface area contributed by atoms with E-state index in [1.807, 2.05) is 0 Å². The first-order chi connectivity index (χ1) is 12.9. The fourth-order valence-electron chi connectivity index (χ4n) is 1.54. The highest BCUT2D eigenvalue weighted by Crippen LogP contribution is 2.05. The molecule has 0 saturated carbocycles. The van der Waals surface area contributed by atoms with Crippen LogP contribution in [0.25, 0.3) is 0 Å². The Morgan fingerprint density at radius 2 is 1.59 bits per heavy atom. The van der Waals surface area contributed by atoms with Gasteiger partial charge in [0.05, 0.1) is 27.0 Å². The van der Waals surface area contributed by atoms with Gasteiger partial charge in [0, 0.05) is 24.3 Å². The third kappa shape index (κ3) is 9.43. The summed E-state index contributed by atoms with van der Waals surface area (Å²) in [6.45, 7) is -0.301. The Labute approximate surface area is 154 Å². The molecule has 1 rings (SSSR count). The number of carbonyl (C=O) groups is 4. The highest BCUT2D eigenvalue weighted by Gasteiger charge is 2.19. The summed E-state index contributed by atoms with van der Waals surface area (Å²) in [5, 5.41) is 5.24. The van der Waals surface area contributed by atoms with Gasteiger partial charge in [-0.2, -0.15) is 0 Å². The van der Waals surface area contributed by atoms with Crippen molar-refractivity contribution >= 4 is 30.3 Å². The lowest BCUT2D eigenvalue weighted by molar-refractivity contribution is -0.153. The van der Waals surface area contributed by atoms with E-state index in [1.54, 1.807) is 0 Å². The molecule has 11 nitrogen and oxygen atoms in total. The number of hydrazone groups is 1. The molecule has 0 bridgehead atoms. The van der Waals surface area contributed by atoms with Crippen LogP contribution < -0.4 is 0 Å². The summed E-state index contributed by atoms with van der Waals surface area (Å²) in [5.41, 5.74) is 0. The molecule has 1 atom stereocenters. The molecule has 0 spiro atoms. The molecule has 0 N–H and O–H groups in total. The summed E-state index contributed by atoms with van der Waals surface area (Å²) in [7, 11) is 2.32. The summed E-state index contributed by atoms with van der Waals surface area (Å²) in [6.07, 6.45) is 6.54. The smallest absolute Gasteiger partial charge is 0.331 e. The molecule has 0 aromatic heterocycles. The van der Waals surface area contributed by atoms with E-state index in [4.69, 9.17) is 14.2 Å². The molecular formula is C16H18N2O9. The average molecular weight is 382 g/mol. The zero-order chi connectivity index (χ0) is 20.1. The third-order valence-electron chi connectivity index (χ3n) is 2.77. The Kier molecular flexibility index (Phi) is 9.39. The second kappa shape index (κ2) is 11.8. The molecule has 0 saturated heterocycles. The standard InChI is InChI=1S/C16H18N2O9/c1-23-13(19)3-5-15(21)26-10-12(9-18-7-8-25-11-17-18)27-16(22)6-4-14(20)24-2/h3-8,11-12H,9-10H2,1-2H3/b5-3+,6-4+. The molecule has 0 aromatic carbocycles. The Morgan fingerprint density at radius 1 is 1.00 bits per heavy atom. The molecule has 146 valence electrons. The molecule has 1 heterocycles. The predicted octanol–water partition coefficient (Wildman–Crippen LogP) is -0.353. The van der Waals surface area contributed by atoms with Crippen LogP contribution >= 0.6 is 0 Å². The van der Waals surface area contributed by atoms with E-state index in [0.717, 1.165) is 44.9 Å². The second-order valence-corrected chi connectivity index (χ2v) is 4.67. The van der Waals surface area contributed by atoms with Crippen molar-refractivity contribution in [2.75, 3.05) is 27.4 Å². The fourth-order valence-corrected chi connectivity index (χ4v) is 1.54. The van der Waals surface area contributed by atoms with Gasteiger partial charge >= 0.3 is 23.9 Å². The van der Waals surface area contributed by atoms with E-state index >= 15 is 0 Å². The summed E-state index contributed by atoms with van der Waals surface area (Å²) in [4.78, 5) is 45.3. The van der Waals surface area contributed by atoms with Gasteiger partial charge in [-0.15, -0.1) is 5.10 Å². The minimum Gasteiger partial charge on any atom is -0.466 e. The van der Waals surface area contributed by atoms with Gasteiger partial charge in [-0.25, -0.2) is 19.2 Å². The average Bonchev–Trinajstić information content (AvgIpc) is 2.68. The van der Waals surface area contributed by atoms with Gasteiger partial charge < -0.3 is 23.7 Å². The van der Waals surface area contributed by atoms with Crippen molar-refractivity contribution in [2.45, 2.75) is 6.10 Å². The van der Waals surface area contributed by atoms with Crippen LogP contribution in [0.15, 0.2) is 41.9 Å². The van der Waals surface area contributed by atoms with Crippen molar-refractivity contribution in [2.24, 2.45) is 5.10 Å². The molecule has 1 aliphatic heterocycles. The Bertz CT molecular complexity index is 655. The van der Waals surface area contributed by atoms with Gasteiger partial charge in [0.25, 0.3) is 0 Å². The van der Waals surface area contributed by atoms with Crippen molar-refractivity contribution in [3.05, 3.63) is 36.8 Å². The van der Waals surface area contributed by atoms with E-state index < -0.39 is 30.0 Å². The normalized spacial score (nSPS) is 13.9. The van der Waals surface area contributed by atoms with Gasteiger partial charge in [0.15, 0.2) is 12.5 Å². The minimum atomic E-state index is -0.935. The largest absolute Gasteiger partial charge is 0.466 e. The molecule has 0 aliphatic carbocycles. The lowest BCUT2D eigenvalue weighted by Crippen LogP contribution is -2.34. The number of hydrogen-bond acceptors (Lipinski definition) is 11. The van der Waals surface area contributed by atoms with Crippen LogP contribution in [-0.4, -0.2) is 68.8 Å². The number of methoxy groups -OCH3 is 2. The second-order valence-electron chi connectivity index (χ2n) is 4.67. The Balaban J connectivity index is 2.65. The van der Waals surface area contributed by atoms with E-state index in [1.165, 1.54) is 17.5 Å². The van der Waals surface area contributed by atoms with Crippen molar-refractivity contribution in [3.63, 3.8) is 0 Å². The molecule has 11 heteroatoms. The van der Waals surface area contributed by atoms with Crippen LogP contribution in [0.2, 0.25) is 0 Å². The third-order valence-corrected chi connectivity index (χ3v) is 2.77. The van der Waals surface area contributed by atoms with Crippen LogP contribution in [0.4, 0.5) is 0 Å². The summed E-state index contributed by atoms with van der Waals surface area (Å²) in [5.74, 6) is -3.15. The number of carbonyl (C=O) groups excluding carboxylic acids is 4. The highest BCUT2D eigenvalue weighted by molar-refractivity contribution is 5.92. The Morgan fingerprint density at radius 3 is 2.15 bits per heavy atom. The predicted molar refractivity (Wildman–Crippen MR) is 88.6 cm³/mol. The molecule has 0 radical (unpaired) electrons. The van der Waals surface area contributed by atoms with Crippen LogP contribution in [0, 0.1) is 0 Å². The number of nitrogens with zero attached hydrogens (tertiary/aromatic N) is 2. The molecule has 27 heavy (non-hydrogen) atoms. The molecular weight excluding hydrogens is 364 g/mol. The number of esters is 4. The van der Waals surface area contributed by atoms with Crippen molar-refractivity contribution in [3.8, 4) is 0 Å². The number of ether oxygens (including phenoxy) is 5. The van der Waals surface area contributed by atoms with E-state index in [9.17, 15) is 19.2 Å². The molecule has 0 amide bonds. The van der Waals surface area contributed by atoms with Gasteiger partial charge in [-0.3, -0.25) is 5.01 Å². The lowest BCUT2D eigenvalue weighted by atomic mass is 10.3. The monoisotopic (exact) mass is 382 g/mol. The first kappa shape index (κ1) is 21.4. The fraction of sp³-hybridized carbons (Fsp3) is 0.312. The minimum absolute atomic E-state index is 0.0299. The zero-order valence-electron chi connectivity index (χ0n) is 14.6.